The van der Waals surface area contributed by atoms with Crippen LogP contribution in [0, 0.1) is 0 Å². The summed E-state index contributed by atoms with van der Waals surface area (Å²) in [5, 5.41) is 7.19. The first-order valence-electron chi connectivity index (χ1n) is 6.11. The quantitative estimate of drug-likeness (QED) is 0.653. The van der Waals surface area contributed by atoms with Crippen LogP contribution >= 0.6 is 0 Å². The number of hydrogen-bond donors (Lipinski definition) is 2. The highest BCUT2D eigenvalue weighted by Crippen LogP contribution is 2.00. The molecule has 0 spiro atoms. The zero-order chi connectivity index (χ0) is 12.8. The van der Waals surface area contributed by atoms with Crippen molar-refractivity contribution in [2.45, 2.75) is 13.0 Å². The van der Waals surface area contributed by atoms with Crippen LogP contribution < -0.4 is 10.0 Å². The lowest BCUT2D eigenvalue weighted by Gasteiger charge is -2.26. The Kier molecular flexibility index (Phi) is 4.70. The van der Waals surface area contributed by atoms with E-state index in [-0.39, 0.29) is 0 Å². The van der Waals surface area contributed by atoms with Crippen LogP contribution in [0.3, 0.4) is 0 Å². The molecule has 0 unspecified atom stereocenters. The second-order valence-corrected chi connectivity index (χ2v) is 5.93. The van der Waals surface area contributed by atoms with E-state index in [1.165, 1.54) is 4.31 Å². The maximum absolute atomic E-state index is 11.9. The third-order valence-electron chi connectivity index (χ3n) is 2.82. The number of rotatable bonds is 6. The van der Waals surface area contributed by atoms with E-state index in [0.29, 0.717) is 32.7 Å². The van der Waals surface area contributed by atoms with E-state index < -0.39 is 10.2 Å². The molecule has 2 rings (SSSR count). The van der Waals surface area contributed by atoms with Crippen LogP contribution in [0.2, 0.25) is 0 Å². The minimum Gasteiger partial charge on any atom is -0.314 e. The van der Waals surface area contributed by atoms with Crippen molar-refractivity contribution >= 4 is 10.2 Å². The second-order valence-electron chi connectivity index (χ2n) is 4.17. The minimum absolute atomic E-state index is 0.437. The molecule has 1 aliphatic rings. The highest BCUT2D eigenvalue weighted by Gasteiger charge is 2.22. The van der Waals surface area contributed by atoms with Gasteiger partial charge in [-0.15, -0.1) is 0 Å². The van der Waals surface area contributed by atoms with Crippen molar-refractivity contribution in [2.24, 2.45) is 0 Å². The van der Waals surface area contributed by atoms with Gasteiger partial charge in [0.1, 0.15) is 0 Å². The first-order chi connectivity index (χ1) is 8.68. The normalized spacial score (nSPS) is 18.0. The number of nitrogens with one attached hydrogen (secondary N) is 2. The molecule has 7 nitrogen and oxygen atoms in total. The number of aromatic nitrogens is 2. The van der Waals surface area contributed by atoms with Gasteiger partial charge in [-0.2, -0.15) is 17.8 Å². The largest absolute Gasteiger partial charge is 0.314 e. The summed E-state index contributed by atoms with van der Waals surface area (Å²) in [5.41, 5.74) is 0. The molecule has 0 bridgehead atoms. The fourth-order valence-corrected chi connectivity index (χ4v) is 3.10. The molecule has 18 heavy (non-hydrogen) atoms. The fourth-order valence-electron chi connectivity index (χ4n) is 1.85. The molecule has 0 aliphatic carbocycles. The molecule has 8 heteroatoms. The van der Waals surface area contributed by atoms with Gasteiger partial charge in [-0.3, -0.25) is 4.68 Å². The summed E-state index contributed by atoms with van der Waals surface area (Å²) in [6, 6.07) is 1.85. The lowest BCUT2D eigenvalue weighted by molar-refractivity contribution is 0.354. The molecular weight excluding hydrogens is 254 g/mol. The summed E-state index contributed by atoms with van der Waals surface area (Å²) in [6.45, 7) is 3.66. The molecule has 1 fully saturated rings. The maximum Gasteiger partial charge on any atom is 0.279 e. The van der Waals surface area contributed by atoms with Gasteiger partial charge < -0.3 is 5.32 Å². The third kappa shape index (κ3) is 3.77. The third-order valence-corrected chi connectivity index (χ3v) is 4.44. The monoisotopic (exact) mass is 273 g/mol. The van der Waals surface area contributed by atoms with Gasteiger partial charge in [-0.1, -0.05) is 0 Å². The first-order valence-corrected chi connectivity index (χ1v) is 7.55. The van der Waals surface area contributed by atoms with Crippen LogP contribution in [0.25, 0.3) is 0 Å². The molecule has 2 N–H and O–H groups in total. The highest BCUT2D eigenvalue weighted by atomic mass is 32.2. The predicted molar refractivity (Wildman–Crippen MR) is 68.2 cm³/mol. The summed E-state index contributed by atoms with van der Waals surface area (Å²) >= 11 is 0. The molecule has 0 amide bonds. The molecule has 0 radical (unpaired) electrons. The zero-order valence-electron chi connectivity index (χ0n) is 10.2. The van der Waals surface area contributed by atoms with Gasteiger partial charge in [0.25, 0.3) is 10.2 Å². The number of piperazine rings is 1. The van der Waals surface area contributed by atoms with Crippen molar-refractivity contribution in [1.82, 2.24) is 24.1 Å². The number of hydrogen-bond acceptors (Lipinski definition) is 4. The minimum atomic E-state index is -3.31. The molecule has 0 atom stereocenters. The van der Waals surface area contributed by atoms with E-state index >= 15 is 0 Å². The molecule has 1 aromatic rings. The van der Waals surface area contributed by atoms with Gasteiger partial charge >= 0.3 is 0 Å². The van der Waals surface area contributed by atoms with Crippen molar-refractivity contribution in [3.63, 3.8) is 0 Å². The maximum atomic E-state index is 11.9. The Morgan fingerprint density at radius 2 is 2.11 bits per heavy atom. The van der Waals surface area contributed by atoms with Gasteiger partial charge in [-0.25, -0.2) is 4.72 Å². The summed E-state index contributed by atoms with van der Waals surface area (Å²) in [7, 11) is -3.31. The van der Waals surface area contributed by atoms with E-state index in [9.17, 15) is 8.42 Å². The fraction of sp³-hybridized carbons (Fsp3) is 0.700. The number of nitrogens with zero attached hydrogens (tertiary/aromatic N) is 3. The van der Waals surface area contributed by atoms with Gasteiger partial charge in [0.05, 0.1) is 0 Å². The van der Waals surface area contributed by atoms with E-state index in [2.05, 4.69) is 15.1 Å². The van der Waals surface area contributed by atoms with Gasteiger partial charge in [0.2, 0.25) is 0 Å². The lowest BCUT2D eigenvalue weighted by Crippen LogP contribution is -2.50. The van der Waals surface area contributed by atoms with Crippen LogP contribution in [0.5, 0.6) is 0 Å². The van der Waals surface area contributed by atoms with E-state index in [1.54, 1.807) is 10.9 Å². The zero-order valence-corrected chi connectivity index (χ0v) is 11.1. The highest BCUT2D eigenvalue weighted by molar-refractivity contribution is 7.87. The summed E-state index contributed by atoms with van der Waals surface area (Å²) in [4.78, 5) is 0. The van der Waals surface area contributed by atoms with Crippen molar-refractivity contribution in [3.05, 3.63) is 18.5 Å². The van der Waals surface area contributed by atoms with Crippen molar-refractivity contribution in [2.75, 3.05) is 32.7 Å². The van der Waals surface area contributed by atoms with Crippen molar-refractivity contribution in [3.8, 4) is 0 Å². The Balaban J connectivity index is 1.71. The molecule has 1 aromatic heterocycles. The first kappa shape index (κ1) is 13.5. The van der Waals surface area contributed by atoms with E-state index in [4.69, 9.17) is 0 Å². The van der Waals surface area contributed by atoms with Gasteiger partial charge in [0, 0.05) is 51.7 Å². The topological polar surface area (TPSA) is 79.3 Å². The number of aryl methyl sites for hydroxylation is 1. The Labute approximate surface area is 107 Å². The van der Waals surface area contributed by atoms with E-state index in [1.807, 2.05) is 12.3 Å². The summed E-state index contributed by atoms with van der Waals surface area (Å²) in [5.74, 6) is 0. The molecule has 102 valence electrons. The molecule has 1 saturated heterocycles. The average Bonchev–Trinajstić information content (AvgIpc) is 2.89. The molecule has 0 aromatic carbocycles. The second kappa shape index (κ2) is 6.28. The van der Waals surface area contributed by atoms with Crippen molar-refractivity contribution < 1.29 is 8.42 Å². The summed E-state index contributed by atoms with van der Waals surface area (Å²) in [6.07, 6.45) is 4.31. The Hall–Kier alpha value is -0.960. The smallest absolute Gasteiger partial charge is 0.279 e. The molecular formula is C10H19N5O2S. The van der Waals surface area contributed by atoms with Crippen LogP contribution in [-0.2, 0) is 16.8 Å². The Morgan fingerprint density at radius 3 is 2.78 bits per heavy atom. The van der Waals surface area contributed by atoms with Crippen LogP contribution in [0.4, 0.5) is 0 Å². The summed E-state index contributed by atoms with van der Waals surface area (Å²) < 4.78 is 29.7. The van der Waals surface area contributed by atoms with Crippen LogP contribution in [0.15, 0.2) is 18.5 Å². The van der Waals surface area contributed by atoms with Gasteiger partial charge in [-0.05, 0) is 12.5 Å². The van der Waals surface area contributed by atoms with Crippen LogP contribution in [0.1, 0.15) is 6.42 Å². The SMILES string of the molecule is O=S(=O)(NCCCn1cccn1)N1CCNCC1. The predicted octanol–water partition coefficient (Wildman–Crippen LogP) is -0.987. The van der Waals surface area contributed by atoms with Crippen molar-refractivity contribution in [1.29, 1.82) is 0 Å². The average molecular weight is 273 g/mol. The molecule has 2 heterocycles. The molecule has 0 saturated carbocycles. The Bertz CT molecular complexity index is 439. The van der Waals surface area contributed by atoms with Crippen LogP contribution in [-0.4, -0.2) is 55.2 Å². The van der Waals surface area contributed by atoms with Gasteiger partial charge in [0.15, 0.2) is 0 Å². The lowest BCUT2D eigenvalue weighted by atomic mass is 10.4. The van der Waals surface area contributed by atoms with E-state index in [0.717, 1.165) is 13.0 Å². The Morgan fingerprint density at radius 1 is 1.33 bits per heavy atom. The molecule has 1 aliphatic heterocycles. The standard InChI is InChI=1S/C10H19N5O2S/c16-18(17,15-9-5-11-6-10-15)13-4-2-8-14-7-1-3-12-14/h1,3,7,11,13H,2,4-6,8-10H2.